The van der Waals surface area contributed by atoms with Gasteiger partial charge in [0.1, 0.15) is 5.82 Å². The zero-order valence-corrected chi connectivity index (χ0v) is 19.9. The number of hydrogen-bond acceptors (Lipinski definition) is 4. The van der Waals surface area contributed by atoms with E-state index in [1.807, 2.05) is 30.7 Å². The van der Waals surface area contributed by atoms with Crippen molar-refractivity contribution >= 4 is 28.8 Å². The highest BCUT2D eigenvalue weighted by Crippen LogP contribution is 2.36. The second-order valence-electron chi connectivity index (χ2n) is 9.74. The van der Waals surface area contributed by atoms with E-state index in [9.17, 15) is 18.0 Å². The van der Waals surface area contributed by atoms with Crippen molar-refractivity contribution in [3.63, 3.8) is 0 Å². The van der Waals surface area contributed by atoms with Crippen LogP contribution in [0.4, 0.5) is 29.7 Å². The molecule has 7 nitrogen and oxygen atoms in total. The molecule has 3 aromatic rings. The first-order chi connectivity index (χ1) is 15.9. The highest BCUT2D eigenvalue weighted by molar-refractivity contribution is 5.91. The van der Waals surface area contributed by atoms with Crippen molar-refractivity contribution in [2.45, 2.75) is 45.3 Å². The molecule has 1 fully saturated rings. The third kappa shape index (κ3) is 4.53. The van der Waals surface area contributed by atoms with Crippen LogP contribution < -0.4 is 10.2 Å². The van der Waals surface area contributed by atoms with Gasteiger partial charge in [0.05, 0.1) is 16.6 Å². The first-order valence-corrected chi connectivity index (χ1v) is 11.2. The highest BCUT2D eigenvalue weighted by Gasteiger charge is 2.37. The Kier molecular flexibility index (Phi) is 5.95. The van der Waals surface area contributed by atoms with Crippen LogP contribution in [-0.2, 0) is 18.6 Å². The van der Waals surface area contributed by atoms with Gasteiger partial charge < -0.3 is 14.4 Å². The van der Waals surface area contributed by atoms with E-state index in [4.69, 9.17) is 0 Å². The molecule has 0 unspecified atom stereocenters. The molecule has 10 heteroatoms. The number of fused-ring (bicyclic) bond motifs is 1. The number of alkyl halides is 3. The summed E-state index contributed by atoms with van der Waals surface area (Å²) in [5.74, 6) is 0.316. The van der Waals surface area contributed by atoms with Crippen molar-refractivity contribution in [1.29, 1.82) is 0 Å². The van der Waals surface area contributed by atoms with E-state index in [2.05, 4.69) is 42.1 Å². The largest absolute Gasteiger partial charge is 0.419 e. The molecule has 182 valence electrons. The number of urea groups is 1. The van der Waals surface area contributed by atoms with E-state index in [-0.39, 0.29) is 42.9 Å². The zero-order chi connectivity index (χ0) is 24.8. The van der Waals surface area contributed by atoms with Gasteiger partial charge in [-0.05, 0) is 42.2 Å². The average Bonchev–Trinajstić information content (AvgIpc) is 3.07. The topological polar surface area (TPSA) is 66.3 Å². The second-order valence-corrected chi connectivity index (χ2v) is 9.74. The summed E-state index contributed by atoms with van der Waals surface area (Å²) in [7, 11) is 1.85. The number of imidazole rings is 1. The van der Waals surface area contributed by atoms with E-state index in [1.165, 1.54) is 17.8 Å². The van der Waals surface area contributed by atoms with Crippen molar-refractivity contribution in [3.05, 3.63) is 47.7 Å². The number of rotatable bonds is 2. The van der Waals surface area contributed by atoms with Gasteiger partial charge in [0, 0.05) is 38.9 Å². The molecule has 0 aliphatic carbocycles. The van der Waals surface area contributed by atoms with Gasteiger partial charge in [-0.25, -0.2) is 14.8 Å². The van der Waals surface area contributed by atoms with Crippen LogP contribution in [0.1, 0.15) is 38.8 Å². The number of halogens is 3. The lowest BCUT2D eigenvalue weighted by atomic mass is 9.87. The second kappa shape index (κ2) is 8.48. The average molecular weight is 475 g/mol. The molecule has 0 radical (unpaired) electrons. The number of carbonyl (C=O) groups excluding carboxylic acids is 1. The summed E-state index contributed by atoms with van der Waals surface area (Å²) in [6, 6.07) is 7.71. The maximum Gasteiger partial charge on any atom is 0.419 e. The Morgan fingerprint density at radius 3 is 2.53 bits per heavy atom. The summed E-state index contributed by atoms with van der Waals surface area (Å²) in [5.41, 5.74) is 2.07. The molecule has 1 aliphatic heterocycles. The number of pyridine rings is 1. The van der Waals surface area contributed by atoms with Gasteiger partial charge in [0.15, 0.2) is 0 Å². The van der Waals surface area contributed by atoms with Crippen LogP contribution >= 0.6 is 0 Å². The van der Waals surface area contributed by atoms with E-state index in [0.29, 0.717) is 5.95 Å². The summed E-state index contributed by atoms with van der Waals surface area (Å²) < 4.78 is 42.1. The fourth-order valence-electron chi connectivity index (χ4n) is 4.26. The number of piperazine rings is 1. The van der Waals surface area contributed by atoms with Gasteiger partial charge in [-0.3, -0.25) is 5.32 Å². The minimum atomic E-state index is -4.49. The molecule has 1 aliphatic rings. The number of carbonyl (C=O) groups is 1. The number of aromatic nitrogens is 3. The Hall–Kier alpha value is -3.30. The minimum absolute atomic E-state index is 0.0173. The van der Waals surface area contributed by atoms with Crippen molar-refractivity contribution < 1.29 is 18.0 Å². The SMILES string of the molecule is C[C@@H]1CN(c2ncccc2C(F)(F)F)CCN1C(=O)Nc1nc2ccc(C(C)(C)C)cc2n1C. The smallest absolute Gasteiger partial charge is 0.352 e. The van der Waals surface area contributed by atoms with Gasteiger partial charge in [0.25, 0.3) is 0 Å². The van der Waals surface area contributed by atoms with Crippen molar-refractivity contribution in [1.82, 2.24) is 19.4 Å². The van der Waals surface area contributed by atoms with E-state index < -0.39 is 11.7 Å². The lowest BCUT2D eigenvalue weighted by Gasteiger charge is -2.40. The van der Waals surface area contributed by atoms with Crippen LogP contribution in [0.25, 0.3) is 11.0 Å². The molecule has 0 bridgehead atoms. The van der Waals surface area contributed by atoms with E-state index in [1.54, 1.807) is 9.80 Å². The molecule has 4 rings (SSSR count). The van der Waals surface area contributed by atoms with E-state index in [0.717, 1.165) is 17.1 Å². The standard InChI is InChI=1S/C24H29F3N6O/c1-15-14-32(20-17(24(25,26)27)7-6-10-28-20)11-12-33(15)22(34)30-21-29-18-9-8-16(23(2,3)4)13-19(18)31(21)5/h6-10,13,15H,11-12,14H2,1-5H3,(H,29,30,34)/t15-/m1/s1. The fraction of sp³-hybridized carbons (Fsp3) is 0.458. The monoisotopic (exact) mass is 474 g/mol. The summed E-state index contributed by atoms with van der Waals surface area (Å²) in [6.45, 7) is 8.97. The molecular formula is C24H29F3N6O. The lowest BCUT2D eigenvalue weighted by molar-refractivity contribution is -0.137. The first kappa shape index (κ1) is 23.8. The van der Waals surface area contributed by atoms with Gasteiger partial charge in [-0.15, -0.1) is 0 Å². The number of nitrogens with zero attached hydrogens (tertiary/aromatic N) is 5. The Morgan fingerprint density at radius 1 is 1.15 bits per heavy atom. The Balaban J connectivity index is 1.50. The number of anilines is 2. The molecule has 1 atom stereocenters. The van der Waals surface area contributed by atoms with Crippen LogP contribution in [0.2, 0.25) is 0 Å². The molecule has 3 heterocycles. The molecule has 34 heavy (non-hydrogen) atoms. The molecule has 1 aromatic carbocycles. The van der Waals surface area contributed by atoms with Crippen LogP contribution in [0.5, 0.6) is 0 Å². The van der Waals surface area contributed by atoms with Crippen LogP contribution in [0, 0.1) is 0 Å². The van der Waals surface area contributed by atoms with Gasteiger partial charge >= 0.3 is 12.2 Å². The van der Waals surface area contributed by atoms with E-state index >= 15 is 0 Å². The van der Waals surface area contributed by atoms with Gasteiger partial charge in [-0.2, -0.15) is 13.2 Å². The normalized spacial score (nSPS) is 17.4. The molecule has 1 N–H and O–H groups in total. The Morgan fingerprint density at radius 2 is 1.88 bits per heavy atom. The fourth-order valence-corrected chi connectivity index (χ4v) is 4.26. The minimum Gasteiger partial charge on any atom is -0.352 e. The molecule has 0 spiro atoms. The number of nitrogens with one attached hydrogen (secondary N) is 1. The molecule has 1 saturated heterocycles. The highest BCUT2D eigenvalue weighted by atomic mass is 19.4. The summed E-state index contributed by atoms with van der Waals surface area (Å²) >= 11 is 0. The predicted octanol–water partition coefficient (Wildman–Crippen LogP) is 5.03. The first-order valence-electron chi connectivity index (χ1n) is 11.2. The number of aryl methyl sites for hydroxylation is 1. The summed E-state index contributed by atoms with van der Waals surface area (Å²) in [6.07, 6.45) is -3.14. The third-order valence-electron chi connectivity index (χ3n) is 6.25. The van der Waals surface area contributed by atoms with Crippen molar-refractivity contribution in [2.75, 3.05) is 29.9 Å². The Labute approximate surface area is 196 Å². The van der Waals surface area contributed by atoms with Crippen LogP contribution in [0.15, 0.2) is 36.5 Å². The predicted molar refractivity (Wildman–Crippen MR) is 126 cm³/mol. The molecular weight excluding hydrogens is 445 g/mol. The molecule has 0 saturated carbocycles. The quantitative estimate of drug-likeness (QED) is 0.566. The number of amides is 2. The summed E-state index contributed by atoms with van der Waals surface area (Å²) in [4.78, 5) is 24.8. The summed E-state index contributed by atoms with van der Waals surface area (Å²) in [5, 5.41) is 2.87. The maximum absolute atomic E-state index is 13.4. The van der Waals surface area contributed by atoms with Crippen molar-refractivity contribution in [3.8, 4) is 0 Å². The zero-order valence-electron chi connectivity index (χ0n) is 19.9. The number of hydrogen-bond donors (Lipinski definition) is 1. The number of benzene rings is 1. The van der Waals surface area contributed by atoms with Gasteiger partial charge in [0.2, 0.25) is 5.95 Å². The molecule has 2 aromatic heterocycles. The lowest BCUT2D eigenvalue weighted by Crippen LogP contribution is -2.55. The third-order valence-corrected chi connectivity index (χ3v) is 6.25. The van der Waals surface area contributed by atoms with Crippen molar-refractivity contribution in [2.24, 2.45) is 7.05 Å². The van der Waals surface area contributed by atoms with Crippen LogP contribution in [-0.4, -0.2) is 51.1 Å². The maximum atomic E-state index is 13.4. The molecule has 2 amide bonds. The van der Waals surface area contributed by atoms with Crippen LogP contribution in [0.3, 0.4) is 0 Å². The Bertz CT molecular complexity index is 1210. The van der Waals surface area contributed by atoms with Gasteiger partial charge in [-0.1, -0.05) is 26.8 Å².